The molecule has 0 heterocycles. The second-order valence-corrected chi connectivity index (χ2v) is 6.29. The third-order valence-corrected chi connectivity index (χ3v) is 4.68. The van der Waals surface area contributed by atoms with Crippen LogP contribution in [0.15, 0.2) is 46.9 Å². The van der Waals surface area contributed by atoms with Crippen molar-refractivity contribution in [2.45, 2.75) is 19.9 Å². The van der Waals surface area contributed by atoms with E-state index in [2.05, 4.69) is 27.8 Å². The molecule has 0 aliphatic heterocycles. The first-order valence-corrected chi connectivity index (χ1v) is 7.86. The molecule has 0 aliphatic carbocycles. The molecule has 0 aliphatic rings. The van der Waals surface area contributed by atoms with Crippen LogP contribution in [0.5, 0.6) is 0 Å². The van der Waals surface area contributed by atoms with Crippen LogP contribution in [0.4, 0.5) is 5.69 Å². The predicted molar refractivity (Wildman–Crippen MR) is 92.4 cm³/mol. The summed E-state index contributed by atoms with van der Waals surface area (Å²) in [4.78, 5) is 13.6. The Hall–Kier alpha value is -1.32. The number of carbonyl (C=O) groups excluding carboxylic acids is 1. The van der Waals surface area contributed by atoms with Gasteiger partial charge in [0.2, 0.25) is 0 Å². The topological polar surface area (TPSA) is 20.3 Å². The maximum atomic E-state index is 11.5. The van der Waals surface area contributed by atoms with Crippen LogP contribution < -0.4 is 4.90 Å². The molecule has 1 unspecified atom stereocenters. The summed E-state index contributed by atoms with van der Waals surface area (Å²) in [6, 6.07) is 13.7. The molecule has 21 heavy (non-hydrogen) atoms. The monoisotopic (exact) mass is 365 g/mol. The Balaban J connectivity index is 2.32. The van der Waals surface area contributed by atoms with Gasteiger partial charge < -0.3 is 4.90 Å². The highest BCUT2D eigenvalue weighted by molar-refractivity contribution is 9.10. The third kappa shape index (κ3) is 3.47. The lowest BCUT2D eigenvalue weighted by atomic mass is 10.1. The van der Waals surface area contributed by atoms with Gasteiger partial charge in [0, 0.05) is 27.8 Å². The minimum Gasteiger partial charge on any atom is -0.368 e. The molecule has 2 nitrogen and oxygen atoms in total. The summed E-state index contributed by atoms with van der Waals surface area (Å²) >= 11 is 9.73. The SMILES string of the molecule is CC(=O)c1ccc(N(C)C(C)c2ccccc2Cl)cc1Br. The van der Waals surface area contributed by atoms with Gasteiger partial charge in [0.05, 0.1) is 6.04 Å². The summed E-state index contributed by atoms with van der Waals surface area (Å²) in [6.07, 6.45) is 0. The van der Waals surface area contributed by atoms with Crippen LogP contribution in [-0.2, 0) is 0 Å². The Morgan fingerprint density at radius 2 is 1.90 bits per heavy atom. The van der Waals surface area contributed by atoms with E-state index in [4.69, 9.17) is 11.6 Å². The largest absolute Gasteiger partial charge is 0.368 e. The number of ketones is 1. The molecule has 2 aromatic rings. The first-order chi connectivity index (χ1) is 9.91. The Bertz CT molecular complexity index is 672. The van der Waals surface area contributed by atoms with Crippen LogP contribution >= 0.6 is 27.5 Å². The zero-order valence-electron chi connectivity index (χ0n) is 12.2. The fourth-order valence-electron chi connectivity index (χ4n) is 2.26. The van der Waals surface area contributed by atoms with Gasteiger partial charge in [-0.15, -0.1) is 0 Å². The molecule has 1 atom stereocenters. The van der Waals surface area contributed by atoms with E-state index in [0.29, 0.717) is 5.56 Å². The van der Waals surface area contributed by atoms with E-state index in [0.717, 1.165) is 20.7 Å². The number of anilines is 1. The number of benzene rings is 2. The number of nitrogens with zero attached hydrogens (tertiary/aromatic N) is 1. The van der Waals surface area contributed by atoms with E-state index in [1.165, 1.54) is 0 Å². The molecule has 0 aromatic heterocycles. The van der Waals surface area contributed by atoms with Gasteiger partial charge in [-0.3, -0.25) is 4.79 Å². The van der Waals surface area contributed by atoms with Gasteiger partial charge in [-0.25, -0.2) is 0 Å². The highest BCUT2D eigenvalue weighted by atomic mass is 79.9. The standard InChI is InChI=1S/C17H17BrClNO/c1-11(14-6-4-5-7-17(14)19)20(3)13-8-9-15(12(2)21)16(18)10-13/h4-11H,1-3H3. The summed E-state index contributed by atoms with van der Waals surface area (Å²) in [5.41, 5.74) is 2.80. The third-order valence-electron chi connectivity index (χ3n) is 3.68. The molecule has 2 aromatic carbocycles. The van der Waals surface area contributed by atoms with Gasteiger partial charge in [-0.2, -0.15) is 0 Å². The molecule has 2 rings (SSSR count). The van der Waals surface area contributed by atoms with Gasteiger partial charge in [0.1, 0.15) is 0 Å². The van der Waals surface area contributed by atoms with Crippen molar-refractivity contribution in [2.24, 2.45) is 0 Å². The van der Waals surface area contributed by atoms with E-state index in [9.17, 15) is 4.79 Å². The van der Waals surface area contributed by atoms with E-state index in [-0.39, 0.29) is 11.8 Å². The van der Waals surface area contributed by atoms with Crippen molar-refractivity contribution in [3.8, 4) is 0 Å². The highest BCUT2D eigenvalue weighted by Crippen LogP contribution is 2.32. The lowest BCUT2D eigenvalue weighted by molar-refractivity contribution is 0.101. The van der Waals surface area contributed by atoms with Crippen molar-refractivity contribution < 1.29 is 4.79 Å². The smallest absolute Gasteiger partial charge is 0.160 e. The lowest BCUT2D eigenvalue weighted by Gasteiger charge is -2.28. The number of halogens is 2. The van der Waals surface area contributed by atoms with Crippen LogP contribution in [0, 0.1) is 0 Å². The van der Waals surface area contributed by atoms with Crippen molar-refractivity contribution in [3.05, 3.63) is 63.1 Å². The number of rotatable bonds is 4. The zero-order valence-corrected chi connectivity index (χ0v) is 14.6. The fraction of sp³-hybridized carbons (Fsp3) is 0.235. The summed E-state index contributed by atoms with van der Waals surface area (Å²) < 4.78 is 0.811. The molecular weight excluding hydrogens is 350 g/mol. The highest BCUT2D eigenvalue weighted by Gasteiger charge is 2.16. The normalized spacial score (nSPS) is 12.0. The number of carbonyl (C=O) groups is 1. The van der Waals surface area contributed by atoms with Gasteiger partial charge >= 0.3 is 0 Å². The average Bonchev–Trinajstić information content (AvgIpc) is 2.45. The van der Waals surface area contributed by atoms with Gasteiger partial charge in [0.25, 0.3) is 0 Å². The van der Waals surface area contributed by atoms with Crippen LogP contribution in [0.1, 0.15) is 35.8 Å². The maximum Gasteiger partial charge on any atom is 0.160 e. The molecule has 4 heteroatoms. The Kier molecular flexibility index (Phi) is 5.07. The molecule has 0 fully saturated rings. The Labute approximate surface area is 138 Å². The van der Waals surface area contributed by atoms with E-state index >= 15 is 0 Å². The summed E-state index contributed by atoms with van der Waals surface area (Å²) in [5, 5.41) is 0.760. The molecule has 110 valence electrons. The quantitative estimate of drug-likeness (QED) is 0.666. The van der Waals surface area contributed by atoms with Crippen molar-refractivity contribution in [3.63, 3.8) is 0 Å². The van der Waals surface area contributed by atoms with Crippen LogP contribution in [0.3, 0.4) is 0 Å². The second-order valence-electron chi connectivity index (χ2n) is 5.03. The first-order valence-electron chi connectivity index (χ1n) is 6.69. The summed E-state index contributed by atoms with van der Waals surface area (Å²) in [5.74, 6) is 0.0511. The number of Topliss-reactive ketones (excluding diaryl/α,β-unsaturated/α-hetero) is 1. The fourth-order valence-corrected chi connectivity index (χ4v) is 3.19. The average molecular weight is 367 g/mol. The van der Waals surface area contributed by atoms with E-state index in [1.54, 1.807) is 6.92 Å². The molecule has 0 amide bonds. The minimum absolute atomic E-state index is 0.0511. The molecule has 0 saturated carbocycles. The summed E-state index contributed by atoms with van der Waals surface area (Å²) in [7, 11) is 2.02. The summed E-state index contributed by atoms with van der Waals surface area (Å²) in [6.45, 7) is 3.67. The van der Waals surface area contributed by atoms with Gasteiger partial charge in [-0.1, -0.05) is 29.8 Å². The molecule has 0 N–H and O–H groups in total. The Morgan fingerprint density at radius 1 is 1.24 bits per heavy atom. The molecule has 0 bridgehead atoms. The van der Waals surface area contributed by atoms with Crippen molar-refractivity contribution in [1.82, 2.24) is 0 Å². The van der Waals surface area contributed by atoms with E-state index in [1.807, 2.05) is 49.5 Å². The number of hydrogen-bond acceptors (Lipinski definition) is 2. The van der Waals surface area contributed by atoms with Gasteiger partial charge in [0.15, 0.2) is 5.78 Å². The lowest BCUT2D eigenvalue weighted by Crippen LogP contribution is -2.22. The first kappa shape index (κ1) is 16.1. The van der Waals surface area contributed by atoms with Crippen LogP contribution in [-0.4, -0.2) is 12.8 Å². The van der Waals surface area contributed by atoms with Crippen molar-refractivity contribution >= 4 is 39.0 Å². The van der Waals surface area contributed by atoms with Crippen molar-refractivity contribution in [2.75, 3.05) is 11.9 Å². The second kappa shape index (κ2) is 6.63. The zero-order chi connectivity index (χ0) is 15.6. The molecular formula is C17H17BrClNO. The molecule has 0 spiro atoms. The molecule has 0 saturated heterocycles. The number of hydrogen-bond donors (Lipinski definition) is 0. The van der Waals surface area contributed by atoms with Crippen molar-refractivity contribution in [1.29, 1.82) is 0 Å². The minimum atomic E-state index is 0.0511. The van der Waals surface area contributed by atoms with Crippen LogP contribution in [0.2, 0.25) is 5.02 Å². The van der Waals surface area contributed by atoms with E-state index < -0.39 is 0 Å². The molecule has 0 radical (unpaired) electrons. The van der Waals surface area contributed by atoms with Crippen LogP contribution in [0.25, 0.3) is 0 Å². The predicted octanol–water partition coefficient (Wildman–Crippen LogP) is 5.50. The van der Waals surface area contributed by atoms with Gasteiger partial charge in [-0.05, 0) is 59.6 Å². The Morgan fingerprint density at radius 3 is 2.48 bits per heavy atom. The maximum absolute atomic E-state index is 11.5.